The normalized spacial score (nSPS) is 11.3. The van der Waals surface area contributed by atoms with Gasteiger partial charge in [0, 0.05) is 29.4 Å². The van der Waals surface area contributed by atoms with E-state index in [1.54, 1.807) is 17.5 Å². The second-order valence-corrected chi connectivity index (χ2v) is 9.69. The maximum Gasteiger partial charge on any atom is 0.199 e. The van der Waals surface area contributed by atoms with E-state index in [4.69, 9.17) is 17.3 Å². The lowest BCUT2D eigenvalue weighted by molar-refractivity contribution is 0.246. The van der Waals surface area contributed by atoms with Gasteiger partial charge in [-0.1, -0.05) is 30.3 Å². The SMILES string of the molecule is CN(Cc1ccc(Br)s1)Cn1nc(-c2cccnc2)n(Cc2ccccc2)c1=S. The Bertz CT molecular complexity index is 1130. The molecule has 3 heterocycles. The summed E-state index contributed by atoms with van der Waals surface area (Å²) >= 11 is 11.1. The van der Waals surface area contributed by atoms with Gasteiger partial charge in [-0.15, -0.1) is 11.3 Å². The largest absolute Gasteiger partial charge is 0.295 e. The van der Waals surface area contributed by atoms with Crippen molar-refractivity contribution in [1.82, 2.24) is 24.2 Å². The van der Waals surface area contributed by atoms with Crippen LogP contribution in [0.2, 0.25) is 0 Å². The van der Waals surface area contributed by atoms with Gasteiger partial charge in [-0.05, 0) is 65.0 Å². The van der Waals surface area contributed by atoms with Crippen LogP contribution in [0.25, 0.3) is 11.4 Å². The average molecular weight is 486 g/mol. The summed E-state index contributed by atoms with van der Waals surface area (Å²) in [6.45, 7) is 2.13. The number of pyridine rings is 1. The minimum Gasteiger partial charge on any atom is -0.295 e. The molecule has 8 heteroatoms. The fourth-order valence-electron chi connectivity index (χ4n) is 3.13. The molecule has 0 N–H and O–H groups in total. The van der Waals surface area contributed by atoms with Crippen molar-refractivity contribution in [1.29, 1.82) is 0 Å². The van der Waals surface area contributed by atoms with Crippen molar-refractivity contribution in [3.63, 3.8) is 0 Å². The van der Waals surface area contributed by atoms with E-state index in [9.17, 15) is 0 Å². The molecule has 148 valence electrons. The standard InChI is InChI=1S/C21H20BrN5S2/c1-25(14-18-9-10-19(22)29-18)15-27-21(28)26(13-16-6-3-2-4-7-16)20(24-27)17-8-5-11-23-12-17/h2-12H,13-15H2,1H3. The molecule has 0 spiro atoms. The summed E-state index contributed by atoms with van der Waals surface area (Å²) in [5, 5.41) is 4.85. The number of hydrogen-bond donors (Lipinski definition) is 0. The van der Waals surface area contributed by atoms with E-state index in [1.807, 2.05) is 41.2 Å². The first kappa shape index (κ1) is 20.2. The van der Waals surface area contributed by atoms with Crippen molar-refractivity contribution in [2.45, 2.75) is 19.8 Å². The topological polar surface area (TPSA) is 38.9 Å². The zero-order valence-corrected chi connectivity index (χ0v) is 19.1. The molecule has 5 nitrogen and oxygen atoms in total. The second kappa shape index (κ2) is 9.13. The highest BCUT2D eigenvalue weighted by Crippen LogP contribution is 2.23. The van der Waals surface area contributed by atoms with E-state index in [1.165, 1.54) is 10.4 Å². The number of benzene rings is 1. The predicted molar refractivity (Wildman–Crippen MR) is 123 cm³/mol. The summed E-state index contributed by atoms with van der Waals surface area (Å²) in [6.07, 6.45) is 3.60. The molecule has 0 radical (unpaired) electrons. The highest BCUT2D eigenvalue weighted by Gasteiger charge is 2.15. The molecule has 0 saturated heterocycles. The molecule has 0 unspecified atom stereocenters. The molecule has 3 aromatic heterocycles. The zero-order chi connectivity index (χ0) is 20.2. The molecular formula is C21H20BrN5S2. The summed E-state index contributed by atoms with van der Waals surface area (Å²) in [4.78, 5) is 7.76. The molecule has 4 rings (SSSR count). The van der Waals surface area contributed by atoms with E-state index in [-0.39, 0.29) is 0 Å². The van der Waals surface area contributed by atoms with E-state index in [2.05, 4.69) is 61.7 Å². The lowest BCUT2D eigenvalue weighted by Gasteiger charge is -2.15. The monoisotopic (exact) mass is 485 g/mol. The first-order valence-corrected chi connectivity index (χ1v) is 11.2. The number of thiophene rings is 1. The summed E-state index contributed by atoms with van der Waals surface area (Å²) in [6, 6.07) is 18.5. The lowest BCUT2D eigenvalue weighted by Crippen LogP contribution is -2.22. The van der Waals surface area contributed by atoms with Gasteiger partial charge in [-0.2, -0.15) is 5.10 Å². The minimum absolute atomic E-state index is 0.614. The average Bonchev–Trinajstić information content (AvgIpc) is 3.27. The third-order valence-corrected chi connectivity index (χ3v) is 6.50. The quantitative estimate of drug-likeness (QED) is 0.326. The van der Waals surface area contributed by atoms with Crippen LogP contribution in [0.15, 0.2) is 70.8 Å². The molecule has 1 aromatic carbocycles. The first-order chi connectivity index (χ1) is 14.1. The highest BCUT2D eigenvalue weighted by atomic mass is 79.9. The van der Waals surface area contributed by atoms with Gasteiger partial charge in [0.05, 0.1) is 17.0 Å². The van der Waals surface area contributed by atoms with Crippen molar-refractivity contribution >= 4 is 39.5 Å². The van der Waals surface area contributed by atoms with Crippen LogP contribution in [0.5, 0.6) is 0 Å². The molecular weight excluding hydrogens is 466 g/mol. The molecule has 0 aliphatic carbocycles. The Kier molecular flexibility index (Phi) is 6.34. The maximum absolute atomic E-state index is 5.81. The molecule has 0 bridgehead atoms. The smallest absolute Gasteiger partial charge is 0.199 e. The number of halogens is 1. The van der Waals surface area contributed by atoms with Gasteiger partial charge in [-0.25, -0.2) is 4.68 Å². The van der Waals surface area contributed by atoms with Gasteiger partial charge in [0.1, 0.15) is 0 Å². The van der Waals surface area contributed by atoms with E-state index >= 15 is 0 Å². The Morgan fingerprint density at radius 3 is 2.62 bits per heavy atom. The van der Waals surface area contributed by atoms with Gasteiger partial charge in [-0.3, -0.25) is 14.5 Å². The molecule has 0 aliphatic heterocycles. The van der Waals surface area contributed by atoms with Crippen LogP contribution in [-0.2, 0) is 19.8 Å². The van der Waals surface area contributed by atoms with Crippen LogP contribution >= 0.6 is 39.5 Å². The predicted octanol–water partition coefficient (Wildman–Crippen LogP) is 5.44. The zero-order valence-electron chi connectivity index (χ0n) is 15.9. The molecule has 4 aromatic rings. The van der Waals surface area contributed by atoms with E-state index in [0.717, 1.165) is 21.7 Å². The third kappa shape index (κ3) is 4.90. The van der Waals surface area contributed by atoms with Crippen LogP contribution in [-0.4, -0.2) is 31.3 Å². The van der Waals surface area contributed by atoms with Crippen molar-refractivity contribution in [2.24, 2.45) is 0 Å². The Labute approximate surface area is 187 Å². The fourth-order valence-corrected chi connectivity index (χ4v) is 4.94. The van der Waals surface area contributed by atoms with E-state index in [0.29, 0.717) is 18.0 Å². The van der Waals surface area contributed by atoms with Crippen molar-refractivity contribution in [2.75, 3.05) is 7.05 Å². The van der Waals surface area contributed by atoms with Crippen LogP contribution in [0.1, 0.15) is 10.4 Å². The summed E-state index contributed by atoms with van der Waals surface area (Å²) < 4.78 is 5.82. The molecule has 0 saturated carbocycles. The van der Waals surface area contributed by atoms with E-state index < -0.39 is 0 Å². The van der Waals surface area contributed by atoms with Gasteiger partial charge in [0.2, 0.25) is 0 Å². The third-order valence-electron chi connectivity index (χ3n) is 4.46. The van der Waals surface area contributed by atoms with Crippen LogP contribution in [0.3, 0.4) is 0 Å². The van der Waals surface area contributed by atoms with Gasteiger partial charge < -0.3 is 0 Å². The van der Waals surface area contributed by atoms with Crippen LogP contribution in [0, 0.1) is 4.77 Å². The summed E-state index contributed by atoms with van der Waals surface area (Å²) in [5.74, 6) is 0.833. The molecule has 0 fully saturated rings. The number of rotatable bonds is 7. The minimum atomic E-state index is 0.614. The highest BCUT2D eigenvalue weighted by molar-refractivity contribution is 9.11. The Morgan fingerprint density at radius 1 is 1.10 bits per heavy atom. The van der Waals surface area contributed by atoms with Gasteiger partial charge >= 0.3 is 0 Å². The first-order valence-electron chi connectivity index (χ1n) is 9.15. The van der Waals surface area contributed by atoms with Crippen molar-refractivity contribution in [3.8, 4) is 11.4 Å². The van der Waals surface area contributed by atoms with Gasteiger partial charge in [0.15, 0.2) is 10.6 Å². The maximum atomic E-state index is 5.81. The molecule has 0 atom stereocenters. The number of hydrogen-bond acceptors (Lipinski definition) is 5. The Morgan fingerprint density at radius 2 is 1.93 bits per heavy atom. The molecule has 29 heavy (non-hydrogen) atoms. The second-order valence-electron chi connectivity index (χ2n) is 6.78. The lowest BCUT2D eigenvalue weighted by atomic mass is 10.2. The Balaban J connectivity index is 1.65. The van der Waals surface area contributed by atoms with Crippen LogP contribution < -0.4 is 0 Å². The van der Waals surface area contributed by atoms with Crippen LogP contribution in [0.4, 0.5) is 0 Å². The fraction of sp³-hybridized carbons (Fsp3) is 0.190. The number of aromatic nitrogens is 4. The summed E-state index contributed by atoms with van der Waals surface area (Å²) in [7, 11) is 2.08. The Hall–Kier alpha value is -2.13. The molecule has 0 amide bonds. The molecule has 0 aliphatic rings. The van der Waals surface area contributed by atoms with Crippen molar-refractivity contribution in [3.05, 3.63) is 86.0 Å². The number of nitrogens with zero attached hydrogens (tertiary/aromatic N) is 5. The summed E-state index contributed by atoms with van der Waals surface area (Å²) in [5.41, 5.74) is 2.14. The van der Waals surface area contributed by atoms with Gasteiger partial charge in [0.25, 0.3) is 0 Å². The van der Waals surface area contributed by atoms with Crippen molar-refractivity contribution < 1.29 is 0 Å².